The van der Waals surface area contributed by atoms with Crippen LogP contribution in [-0.4, -0.2) is 22.6 Å². The number of fused-ring (bicyclic) bond motifs is 3. The number of hydrogen-bond donors (Lipinski definition) is 0. The Balaban J connectivity index is 0.975. The Labute approximate surface area is 298 Å². The van der Waals surface area contributed by atoms with E-state index in [9.17, 15) is 10.1 Å². The SMILES string of the molecule is CCCCCCCN(CCCCCCCCCCCCn1c2ccccc2c2ccccc21)c1ccc(N=Nc2ccc([N+](=O)[O-])cc2)cc1. The van der Waals surface area contributed by atoms with Crippen LogP contribution in [0.15, 0.2) is 107 Å². The summed E-state index contributed by atoms with van der Waals surface area (Å²) in [6.07, 6.45) is 19.5. The molecule has 5 rings (SSSR count). The van der Waals surface area contributed by atoms with Crippen LogP contribution in [0.2, 0.25) is 0 Å². The number of aromatic nitrogens is 1. The third kappa shape index (κ3) is 11.0. The number of non-ortho nitro benzene ring substituents is 1. The molecule has 0 aliphatic carbocycles. The summed E-state index contributed by atoms with van der Waals surface area (Å²) in [6, 6.07) is 32.1. The highest BCUT2D eigenvalue weighted by Crippen LogP contribution is 2.29. The van der Waals surface area contributed by atoms with Gasteiger partial charge in [-0.3, -0.25) is 10.1 Å². The summed E-state index contributed by atoms with van der Waals surface area (Å²) in [6.45, 7) is 5.54. The molecule has 264 valence electrons. The molecule has 4 aromatic carbocycles. The number of nitro benzene ring substituents is 1. The van der Waals surface area contributed by atoms with E-state index >= 15 is 0 Å². The molecule has 0 saturated carbocycles. The normalized spacial score (nSPS) is 11.6. The van der Waals surface area contributed by atoms with Gasteiger partial charge in [-0.1, -0.05) is 120 Å². The second-order valence-electron chi connectivity index (χ2n) is 13.6. The predicted octanol–water partition coefficient (Wildman–Crippen LogP) is 13.5. The molecule has 50 heavy (non-hydrogen) atoms. The highest BCUT2D eigenvalue weighted by molar-refractivity contribution is 6.07. The van der Waals surface area contributed by atoms with Crippen LogP contribution in [0.4, 0.5) is 22.7 Å². The molecule has 7 nitrogen and oxygen atoms in total. The van der Waals surface area contributed by atoms with Crippen molar-refractivity contribution in [3.05, 3.63) is 107 Å². The lowest BCUT2D eigenvalue weighted by atomic mass is 10.1. The highest BCUT2D eigenvalue weighted by atomic mass is 16.6. The molecular formula is C43H55N5O2. The van der Waals surface area contributed by atoms with Crippen molar-refractivity contribution in [2.75, 3.05) is 18.0 Å². The van der Waals surface area contributed by atoms with Crippen LogP contribution < -0.4 is 4.90 Å². The van der Waals surface area contributed by atoms with Crippen LogP contribution in [0, 0.1) is 10.1 Å². The fourth-order valence-corrected chi connectivity index (χ4v) is 6.99. The molecule has 7 heteroatoms. The van der Waals surface area contributed by atoms with E-state index in [1.807, 2.05) is 12.1 Å². The molecule has 0 radical (unpaired) electrons. The van der Waals surface area contributed by atoms with E-state index < -0.39 is 4.92 Å². The van der Waals surface area contributed by atoms with Gasteiger partial charge in [0.05, 0.1) is 16.3 Å². The Morgan fingerprint density at radius 1 is 0.560 bits per heavy atom. The van der Waals surface area contributed by atoms with Crippen LogP contribution in [0.5, 0.6) is 0 Å². The second kappa shape index (κ2) is 20.2. The minimum atomic E-state index is -0.409. The van der Waals surface area contributed by atoms with Gasteiger partial charge in [0.25, 0.3) is 5.69 Å². The smallest absolute Gasteiger partial charge is 0.269 e. The first-order chi connectivity index (χ1) is 24.6. The van der Waals surface area contributed by atoms with Crippen molar-refractivity contribution in [3.63, 3.8) is 0 Å². The van der Waals surface area contributed by atoms with Crippen molar-refractivity contribution in [3.8, 4) is 0 Å². The first-order valence-electron chi connectivity index (χ1n) is 19.1. The van der Waals surface area contributed by atoms with Crippen molar-refractivity contribution in [2.45, 2.75) is 110 Å². The summed E-state index contributed by atoms with van der Waals surface area (Å²) in [7, 11) is 0. The Morgan fingerprint density at radius 3 is 1.50 bits per heavy atom. The van der Waals surface area contributed by atoms with Gasteiger partial charge < -0.3 is 9.47 Å². The third-order valence-electron chi connectivity index (χ3n) is 9.83. The van der Waals surface area contributed by atoms with Gasteiger partial charge in [-0.2, -0.15) is 10.2 Å². The number of para-hydroxylation sites is 2. The number of anilines is 1. The van der Waals surface area contributed by atoms with Crippen molar-refractivity contribution < 1.29 is 4.92 Å². The average Bonchev–Trinajstić information content (AvgIpc) is 3.47. The predicted molar refractivity (Wildman–Crippen MR) is 210 cm³/mol. The lowest BCUT2D eigenvalue weighted by Crippen LogP contribution is -2.25. The van der Waals surface area contributed by atoms with Crippen molar-refractivity contribution >= 4 is 44.6 Å². The maximum Gasteiger partial charge on any atom is 0.269 e. The van der Waals surface area contributed by atoms with Gasteiger partial charge in [-0.15, -0.1) is 0 Å². The van der Waals surface area contributed by atoms with E-state index in [4.69, 9.17) is 0 Å². The molecule has 0 saturated heterocycles. The molecule has 5 aromatic rings. The minimum absolute atomic E-state index is 0.0527. The molecule has 0 spiro atoms. The standard InChI is InChI=1S/C43H55N5O2/c1-2-3-4-11-18-33-46(38-29-25-36(26-30-38)44-45-37-27-31-39(32-28-37)48(49)50)34-19-12-9-7-5-6-8-10-13-20-35-47-42-23-16-14-21-40(42)41-22-15-17-24-43(41)47/h14-17,21-32H,2-13,18-20,33-35H2,1H3. The summed E-state index contributed by atoms with van der Waals surface area (Å²) < 4.78 is 2.52. The summed E-state index contributed by atoms with van der Waals surface area (Å²) in [5.74, 6) is 0. The van der Waals surface area contributed by atoms with Gasteiger partial charge in [0, 0.05) is 59.3 Å². The van der Waals surface area contributed by atoms with E-state index in [-0.39, 0.29) is 5.69 Å². The average molecular weight is 674 g/mol. The molecule has 0 bridgehead atoms. The number of nitro groups is 1. The van der Waals surface area contributed by atoms with Crippen molar-refractivity contribution in [1.29, 1.82) is 0 Å². The van der Waals surface area contributed by atoms with Crippen molar-refractivity contribution in [1.82, 2.24) is 4.57 Å². The number of aryl methyl sites for hydroxylation is 1. The van der Waals surface area contributed by atoms with E-state index in [0.717, 1.165) is 25.3 Å². The highest BCUT2D eigenvalue weighted by Gasteiger charge is 2.10. The lowest BCUT2D eigenvalue weighted by Gasteiger charge is -2.25. The molecule has 0 aliphatic heterocycles. The van der Waals surface area contributed by atoms with Gasteiger partial charge in [-0.05, 0) is 67.8 Å². The van der Waals surface area contributed by atoms with E-state index in [0.29, 0.717) is 5.69 Å². The molecular weight excluding hydrogens is 619 g/mol. The molecule has 0 N–H and O–H groups in total. The van der Waals surface area contributed by atoms with Crippen LogP contribution in [0.1, 0.15) is 103 Å². The fourth-order valence-electron chi connectivity index (χ4n) is 6.99. The Bertz CT molecular complexity index is 1710. The van der Waals surface area contributed by atoms with E-state index in [1.165, 1.54) is 136 Å². The Hall–Kier alpha value is -4.52. The molecule has 0 amide bonds. The first kappa shape index (κ1) is 36.8. The fraction of sp³-hybridized carbons (Fsp3) is 0.442. The second-order valence-corrected chi connectivity index (χ2v) is 13.6. The number of rotatable bonds is 23. The Morgan fingerprint density at radius 2 is 1.00 bits per heavy atom. The van der Waals surface area contributed by atoms with Crippen molar-refractivity contribution in [2.24, 2.45) is 10.2 Å². The molecule has 0 unspecified atom stereocenters. The van der Waals surface area contributed by atoms with Gasteiger partial charge in [0.2, 0.25) is 0 Å². The zero-order valence-electron chi connectivity index (χ0n) is 30.0. The van der Waals surface area contributed by atoms with Crippen LogP contribution in [0.3, 0.4) is 0 Å². The van der Waals surface area contributed by atoms with Crippen LogP contribution >= 0.6 is 0 Å². The number of hydrogen-bond acceptors (Lipinski definition) is 5. The summed E-state index contributed by atoms with van der Waals surface area (Å²) in [5, 5.41) is 22.2. The number of azo groups is 1. The number of benzene rings is 4. The number of nitrogens with zero attached hydrogens (tertiary/aromatic N) is 5. The molecule has 1 aromatic heterocycles. The lowest BCUT2D eigenvalue weighted by molar-refractivity contribution is -0.384. The monoisotopic (exact) mass is 673 g/mol. The van der Waals surface area contributed by atoms with Gasteiger partial charge in [0.1, 0.15) is 0 Å². The van der Waals surface area contributed by atoms with Gasteiger partial charge >= 0.3 is 0 Å². The van der Waals surface area contributed by atoms with Gasteiger partial charge in [-0.25, -0.2) is 0 Å². The van der Waals surface area contributed by atoms with Crippen LogP contribution in [0.25, 0.3) is 21.8 Å². The quantitative estimate of drug-likeness (QED) is 0.0300. The first-order valence-corrected chi connectivity index (χ1v) is 19.1. The molecule has 0 atom stereocenters. The summed E-state index contributed by atoms with van der Waals surface area (Å²) in [5.41, 5.74) is 5.40. The van der Waals surface area contributed by atoms with Gasteiger partial charge in [0.15, 0.2) is 0 Å². The topological polar surface area (TPSA) is 76.0 Å². The molecule has 0 fully saturated rings. The zero-order chi connectivity index (χ0) is 34.8. The van der Waals surface area contributed by atoms with Crippen LogP contribution in [-0.2, 0) is 6.54 Å². The molecule has 0 aliphatic rings. The maximum atomic E-state index is 10.9. The maximum absolute atomic E-state index is 10.9. The van der Waals surface area contributed by atoms with E-state index in [1.54, 1.807) is 12.1 Å². The van der Waals surface area contributed by atoms with E-state index in [2.05, 4.69) is 87.3 Å². The third-order valence-corrected chi connectivity index (χ3v) is 9.83. The number of unbranched alkanes of at least 4 members (excludes halogenated alkanes) is 13. The zero-order valence-corrected chi connectivity index (χ0v) is 30.0. The largest absolute Gasteiger partial charge is 0.372 e. The summed E-state index contributed by atoms with van der Waals surface area (Å²) in [4.78, 5) is 13.0. The Kier molecular flexibility index (Phi) is 14.9. The summed E-state index contributed by atoms with van der Waals surface area (Å²) >= 11 is 0. The minimum Gasteiger partial charge on any atom is -0.372 e. The molecule has 1 heterocycles.